The van der Waals surface area contributed by atoms with Gasteiger partial charge in [-0.2, -0.15) is 0 Å². The average Bonchev–Trinajstić information content (AvgIpc) is 3.40. The van der Waals surface area contributed by atoms with Gasteiger partial charge in [-0.15, -0.1) is 0 Å². The molecule has 438 valence electrons. The second-order valence-corrected chi connectivity index (χ2v) is 17.3. The maximum absolute atomic E-state index is 13.3. The van der Waals surface area contributed by atoms with E-state index in [1.54, 1.807) is 0 Å². The van der Waals surface area contributed by atoms with E-state index in [0.717, 1.165) is 0 Å². The summed E-state index contributed by atoms with van der Waals surface area (Å²) in [6.07, 6.45) is 2.18. The van der Waals surface area contributed by atoms with Crippen molar-refractivity contribution in [2.24, 2.45) is 45.9 Å². The summed E-state index contributed by atoms with van der Waals surface area (Å²) in [5.41, 5.74) is 43.9. The van der Waals surface area contributed by atoms with Crippen LogP contribution in [0.3, 0.4) is 0 Å². The highest BCUT2D eigenvalue weighted by Gasteiger charge is 2.28. The first kappa shape index (κ1) is 69.8. The smallest absolute Gasteiger partial charge is 0.243 e. The fraction of sp³-hybridized carbons (Fsp3) is 0.705. The number of amides is 13. The van der Waals surface area contributed by atoms with E-state index in [2.05, 4.69) is 63.8 Å². The molecule has 77 heavy (non-hydrogen) atoms. The van der Waals surface area contributed by atoms with Crippen molar-refractivity contribution in [3.63, 3.8) is 0 Å². The Hall–Kier alpha value is -7.17. The number of primary amides is 1. The molecule has 0 aliphatic rings. The molecule has 0 aliphatic heterocycles. The lowest BCUT2D eigenvalue weighted by atomic mass is 10.1. The van der Waals surface area contributed by atoms with Gasteiger partial charge in [-0.25, -0.2) is 0 Å². The lowest BCUT2D eigenvalue weighted by molar-refractivity contribution is -0.133. The van der Waals surface area contributed by atoms with Crippen LogP contribution in [-0.2, 0) is 62.3 Å². The van der Waals surface area contributed by atoms with Gasteiger partial charge in [-0.3, -0.25) is 62.3 Å². The van der Waals surface area contributed by atoms with E-state index in [0.29, 0.717) is 12.8 Å². The summed E-state index contributed by atoms with van der Waals surface area (Å²) in [5.74, 6) is -10.0. The minimum absolute atomic E-state index is 0.00784. The van der Waals surface area contributed by atoms with E-state index in [1.807, 2.05) is 0 Å². The van der Waals surface area contributed by atoms with Gasteiger partial charge in [0.1, 0.15) is 36.3 Å². The molecule has 33 nitrogen and oxygen atoms in total. The van der Waals surface area contributed by atoms with E-state index in [9.17, 15) is 62.3 Å². The van der Waals surface area contributed by atoms with Crippen LogP contribution in [0.5, 0.6) is 0 Å². The third kappa shape index (κ3) is 32.8. The van der Waals surface area contributed by atoms with Gasteiger partial charge in [0.25, 0.3) is 0 Å². The third-order valence-corrected chi connectivity index (χ3v) is 10.8. The van der Waals surface area contributed by atoms with Gasteiger partial charge in [-0.05, 0) is 116 Å². The Morgan fingerprint density at radius 1 is 0.260 bits per heavy atom. The SMILES string of the molecule is NCCC[C@H](NC(=O)CN)C(=O)NCC(=O)N[C@@H](CCCN)C(=O)NCC(=O)N[C@@H](CCCN)C(=O)NCC(=O)N[C@@H](CCCN)C(=O)NCC(=O)N[C@@H](CCCN)C(=O)NCC(=O)N[C@@H](CCCN)C(=O)NCC(N)=O. The van der Waals surface area contributed by atoms with Gasteiger partial charge in [-0.1, -0.05) is 0 Å². The fourth-order valence-electron chi connectivity index (χ4n) is 6.78. The zero-order valence-corrected chi connectivity index (χ0v) is 43.6. The van der Waals surface area contributed by atoms with Gasteiger partial charge in [0.05, 0.1) is 45.8 Å². The average molecular weight is 1100 g/mol. The third-order valence-electron chi connectivity index (χ3n) is 10.8. The van der Waals surface area contributed by atoms with E-state index in [-0.39, 0.29) is 110 Å². The molecule has 0 unspecified atom stereocenters. The molecule has 0 aromatic rings. The van der Waals surface area contributed by atoms with E-state index >= 15 is 0 Å². The summed E-state index contributed by atoms with van der Waals surface area (Å²) in [7, 11) is 0. The molecule has 0 aromatic carbocycles. The molecule has 0 heterocycles. The monoisotopic (exact) mass is 1100 g/mol. The minimum Gasteiger partial charge on any atom is -0.368 e. The quantitative estimate of drug-likeness (QED) is 0.0270. The van der Waals surface area contributed by atoms with Crippen LogP contribution in [0.2, 0.25) is 0 Å². The summed E-state index contributed by atoms with van der Waals surface area (Å²) in [6, 6.07) is -7.00. The largest absolute Gasteiger partial charge is 0.368 e. The first-order valence-corrected chi connectivity index (χ1v) is 25.3. The fourth-order valence-corrected chi connectivity index (χ4v) is 6.78. The van der Waals surface area contributed by atoms with Crippen molar-refractivity contribution in [3.05, 3.63) is 0 Å². The maximum atomic E-state index is 13.3. The molecule has 0 rings (SSSR count). The van der Waals surface area contributed by atoms with E-state index in [4.69, 9.17) is 45.9 Å². The Kier molecular flexibility index (Phi) is 38.1. The van der Waals surface area contributed by atoms with Gasteiger partial charge < -0.3 is 110 Å². The molecule has 28 N–H and O–H groups in total. The van der Waals surface area contributed by atoms with Crippen LogP contribution in [-0.4, -0.2) is 198 Å². The van der Waals surface area contributed by atoms with E-state index < -0.39 is 152 Å². The highest BCUT2D eigenvalue weighted by Crippen LogP contribution is 2.03. The van der Waals surface area contributed by atoms with Crippen LogP contribution in [0.25, 0.3) is 0 Å². The van der Waals surface area contributed by atoms with Crippen molar-refractivity contribution in [1.29, 1.82) is 0 Å². The Bertz CT molecular complexity index is 1930. The molecule has 0 aromatic heterocycles. The van der Waals surface area contributed by atoms with Crippen molar-refractivity contribution in [1.82, 2.24) is 63.8 Å². The maximum Gasteiger partial charge on any atom is 0.243 e. The lowest BCUT2D eigenvalue weighted by Crippen LogP contribution is -2.55. The standard InChI is InChI=1S/C44H84N20O13/c45-13-1-7-26(59-33(66)19-51)40(73)54-21-35(68)61-28(9-3-15-47)42(75)56-23-37(70)63-30(11-5-17-49)44(77)58-25-38(71)64-31(12-6-18-50)43(76)57-24-36(69)62-29(10-4-16-48)41(74)55-22-34(67)60-27(8-2-14-46)39(72)53-20-32(52)65/h26-31H,1-25,45-51H2,(H2,52,65)(H,53,72)(H,54,73)(H,55,74)(H,56,75)(H,57,76)(H,58,77)(H,59,66)(H,60,67)(H,61,68)(H,62,69)(H,63,70)(H,64,71)/t26-,27-,28-,29-,30-,31-/m0/s1. The number of rotatable bonds is 43. The molecule has 13 amide bonds. The van der Waals surface area contributed by atoms with Crippen LogP contribution in [0.15, 0.2) is 0 Å². The van der Waals surface area contributed by atoms with Crippen molar-refractivity contribution in [2.75, 3.05) is 85.1 Å². The molecule has 0 bridgehead atoms. The topological polar surface area (TPSA) is 574 Å². The van der Waals surface area contributed by atoms with Crippen molar-refractivity contribution in [2.45, 2.75) is 113 Å². The van der Waals surface area contributed by atoms with Crippen molar-refractivity contribution < 1.29 is 62.3 Å². The molecule has 33 heteroatoms. The molecule has 0 spiro atoms. The number of carbonyl (C=O) groups excluding carboxylic acids is 13. The zero-order valence-electron chi connectivity index (χ0n) is 43.6. The highest BCUT2D eigenvalue weighted by atomic mass is 16.2. The van der Waals surface area contributed by atoms with Crippen LogP contribution in [0.1, 0.15) is 77.0 Å². The van der Waals surface area contributed by atoms with Crippen LogP contribution < -0.4 is 110 Å². The van der Waals surface area contributed by atoms with Crippen LogP contribution in [0, 0.1) is 0 Å². The predicted molar refractivity (Wildman–Crippen MR) is 278 cm³/mol. The Morgan fingerprint density at radius 2 is 0.429 bits per heavy atom. The number of carbonyl (C=O) groups is 13. The summed E-state index contributed by atoms with van der Waals surface area (Å²) in [6.45, 7) is -3.04. The van der Waals surface area contributed by atoms with Gasteiger partial charge >= 0.3 is 0 Å². The summed E-state index contributed by atoms with van der Waals surface area (Å²) >= 11 is 0. The first-order chi connectivity index (χ1) is 36.7. The van der Waals surface area contributed by atoms with Crippen LogP contribution in [0.4, 0.5) is 0 Å². The molecular weight excluding hydrogens is 1020 g/mol. The van der Waals surface area contributed by atoms with Crippen LogP contribution >= 0.6 is 0 Å². The molecule has 0 saturated carbocycles. The molecule has 0 saturated heterocycles. The van der Waals surface area contributed by atoms with Crippen molar-refractivity contribution in [3.8, 4) is 0 Å². The number of nitrogens with one attached hydrogen (secondary N) is 12. The second-order valence-electron chi connectivity index (χ2n) is 17.3. The highest BCUT2D eigenvalue weighted by molar-refractivity contribution is 5.97. The predicted octanol–water partition coefficient (Wildman–Crippen LogP) is -11.5. The number of nitrogens with two attached hydrogens (primary N) is 8. The minimum atomic E-state index is -1.25. The number of hydrogen-bond acceptors (Lipinski definition) is 20. The van der Waals surface area contributed by atoms with Gasteiger partial charge in [0.2, 0.25) is 76.8 Å². The molecule has 0 fully saturated rings. The number of hydrogen-bond donors (Lipinski definition) is 20. The normalized spacial score (nSPS) is 13.0. The molecular formula is C44H84N20O13. The molecule has 0 radical (unpaired) electrons. The Labute approximate surface area is 446 Å². The molecule has 0 aliphatic carbocycles. The Balaban J connectivity index is 5.50. The molecule has 6 atom stereocenters. The summed E-state index contributed by atoms with van der Waals surface area (Å²) in [4.78, 5) is 165. The summed E-state index contributed by atoms with van der Waals surface area (Å²) in [5, 5.41) is 28.9. The summed E-state index contributed by atoms with van der Waals surface area (Å²) < 4.78 is 0. The van der Waals surface area contributed by atoms with Gasteiger partial charge in [0.15, 0.2) is 0 Å². The first-order valence-electron chi connectivity index (χ1n) is 25.3. The van der Waals surface area contributed by atoms with Gasteiger partial charge in [0, 0.05) is 0 Å². The zero-order chi connectivity index (χ0) is 58.1. The van der Waals surface area contributed by atoms with Crippen molar-refractivity contribution >= 4 is 76.8 Å². The Morgan fingerprint density at radius 3 is 0.584 bits per heavy atom. The van der Waals surface area contributed by atoms with E-state index in [1.165, 1.54) is 0 Å². The second kappa shape index (κ2) is 42.0. The lowest BCUT2D eigenvalue weighted by Gasteiger charge is -2.22.